The maximum Gasteiger partial charge on any atom is 0.329 e. The monoisotopic (exact) mass is 267 g/mol. The molecule has 0 aliphatic heterocycles. The number of carboxylic acid groups (broad SMARTS) is 1. The maximum absolute atomic E-state index is 12.0. The number of carbonyl (C=O) groups excluding carboxylic acids is 1. The minimum absolute atomic E-state index is 0.280. The number of nitrogens with one attached hydrogen (secondary N) is 1. The van der Waals surface area contributed by atoms with Gasteiger partial charge in [0, 0.05) is 5.02 Å². The van der Waals surface area contributed by atoms with Crippen molar-refractivity contribution in [1.82, 2.24) is 5.32 Å². The van der Waals surface area contributed by atoms with Crippen LogP contribution in [0.15, 0.2) is 24.3 Å². The zero-order valence-corrected chi connectivity index (χ0v) is 10.7. The normalized spacial score (nSPS) is 17.9. The molecule has 0 spiro atoms. The van der Waals surface area contributed by atoms with Gasteiger partial charge in [0.25, 0.3) is 0 Å². The lowest BCUT2D eigenvalue weighted by molar-refractivity contribution is -0.143. The number of aliphatic carboxylic acids is 1. The predicted octanol–water partition coefficient (Wildman–Crippen LogP) is 2.18. The minimum Gasteiger partial charge on any atom is -0.480 e. The molecule has 0 bridgehead atoms. The number of hydrogen-bond acceptors (Lipinski definition) is 2. The molecule has 1 aliphatic rings. The largest absolute Gasteiger partial charge is 0.480 e. The molecule has 0 aromatic heterocycles. The minimum atomic E-state index is -1.04. The van der Waals surface area contributed by atoms with Gasteiger partial charge in [-0.2, -0.15) is 0 Å². The summed E-state index contributed by atoms with van der Waals surface area (Å²) in [5.74, 6) is -1.66. The summed E-state index contributed by atoms with van der Waals surface area (Å²) in [4.78, 5) is 23.0. The summed E-state index contributed by atoms with van der Waals surface area (Å²) in [5, 5.41) is 12.2. The number of hydrogen-bond donors (Lipinski definition) is 2. The fraction of sp³-hybridized carbons (Fsp3) is 0.385. The first kappa shape index (κ1) is 12.9. The van der Waals surface area contributed by atoms with Gasteiger partial charge in [-0.3, -0.25) is 4.79 Å². The van der Waals surface area contributed by atoms with Gasteiger partial charge in [0.1, 0.15) is 5.54 Å². The standard InChI is InChI=1S/C13H14ClNO3/c1-8(9-3-2-4-10(14)7-9)11(16)15-13(5-6-13)12(17)18/h2-4,7-8H,5-6H2,1H3,(H,15,16)(H,17,18). The van der Waals surface area contributed by atoms with Crippen molar-refractivity contribution in [2.24, 2.45) is 0 Å². The van der Waals surface area contributed by atoms with Gasteiger partial charge in [-0.15, -0.1) is 0 Å². The first-order valence-electron chi connectivity index (χ1n) is 5.75. The molecule has 1 saturated carbocycles. The van der Waals surface area contributed by atoms with E-state index in [1.165, 1.54) is 0 Å². The topological polar surface area (TPSA) is 66.4 Å². The summed E-state index contributed by atoms with van der Waals surface area (Å²) in [5.41, 5.74) is -0.259. The molecule has 0 heterocycles. The van der Waals surface area contributed by atoms with E-state index in [1.54, 1.807) is 31.2 Å². The van der Waals surface area contributed by atoms with Crippen LogP contribution in [0.4, 0.5) is 0 Å². The van der Waals surface area contributed by atoms with Crippen molar-refractivity contribution in [3.8, 4) is 0 Å². The van der Waals surface area contributed by atoms with Crippen molar-refractivity contribution in [3.63, 3.8) is 0 Å². The van der Waals surface area contributed by atoms with Gasteiger partial charge >= 0.3 is 5.97 Å². The number of rotatable bonds is 4. The Balaban J connectivity index is 2.08. The number of amides is 1. The molecule has 1 aromatic carbocycles. The molecule has 96 valence electrons. The Morgan fingerprint density at radius 2 is 2.11 bits per heavy atom. The van der Waals surface area contributed by atoms with E-state index in [0.29, 0.717) is 17.9 Å². The molecule has 1 amide bonds. The second-order valence-electron chi connectivity index (χ2n) is 4.65. The number of carbonyl (C=O) groups is 2. The van der Waals surface area contributed by atoms with Gasteiger partial charge < -0.3 is 10.4 Å². The van der Waals surface area contributed by atoms with Crippen LogP contribution in [-0.2, 0) is 9.59 Å². The number of benzene rings is 1. The van der Waals surface area contributed by atoms with Gasteiger partial charge in [-0.25, -0.2) is 4.79 Å². The Morgan fingerprint density at radius 3 is 2.61 bits per heavy atom. The molecule has 2 rings (SSSR count). The Kier molecular flexibility index (Phi) is 3.30. The third-order valence-electron chi connectivity index (χ3n) is 3.26. The molecule has 1 aromatic rings. The van der Waals surface area contributed by atoms with Crippen LogP contribution >= 0.6 is 11.6 Å². The first-order valence-corrected chi connectivity index (χ1v) is 6.13. The van der Waals surface area contributed by atoms with E-state index in [1.807, 2.05) is 0 Å². The molecule has 5 heteroatoms. The molecule has 0 radical (unpaired) electrons. The van der Waals surface area contributed by atoms with Gasteiger partial charge in [0.15, 0.2) is 0 Å². The molecule has 2 N–H and O–H groups in total. The smallest absolute Gasteiger partial charge is 0.329 e. The summed E-state index contributed by atoms with van der Waals surface area (Å²) >= 11 is 5.86. The predicted molar refractivity (Wildman–Crippen MR) is 67.6 cm³/mol. The maximum atomic E-state index is 12.0. The van der Waals surface area contributed by atoms with Gasteiger partial charge in [0.2, 0.25) is 5.91 Å². The molecule has 1 unspecified atom stereocenters. The first-order chi connectivity index (χ1) is 8.44. The summed E-state index contributed by atoms with van der Waals surface area (Å²) in [6.07, 6.45) is 0.993. The Morgan fingerprint density at radius 1 is 1.44 bits per heavy atom. The van der Waals surface area contributed by atoms with Crippen LogP contribution in [0, 0.1) is 0 Å². The summed E-state index contributed by atoms with van der Waals surface area (Å²) in [7, 11) is 0. The van der Waals surface area contributed by atoms with Crippen LogP contribution < -0.4 is 5.32 Å². The zero-order chi connectivity index (χ0) is 13.3. The molecule has 1 atom stereocenters. The molecule has 4 nitrogen and oxygen atoms in total. The van der Waals surface area contributed by atoms with E-state index in [4.69, 9.17) is 16.7 Å². The Hall–Kier alpha value is -1.55. The zero-order valence-electron chi connectivity index (χ0n) is 9.94. The molecular formula is C13H14ClNO3. The lowest BCUT2D eigenvalue weighted by atomic mass is 10.00. The highest BCUT2D eigenvalue weighted by Gasteiger charge is 2.52. The summed E-state index contributed by atoms with van der Waals surface area (Å²) in [6.45, 7) is 1.74. The van der Waals surface area contributed by atoms with Crippen LogP contribution in [-0.4, -0.2) is 22.5 Å². The van der Waals surface area contributed by atoms with Crippen molar-refractivity contribution >= 4 is 23.5 Å². The number of carboxylic acids is 1. The Bertz CT molecular complexity index is 497. The fourth-order valence-corrected chi connectivity index (χ4v) is 1.99. The molecule has 0 saturated heterocycles. The van der Waals surface area contributed by atoms with Crippen LogP contribution in [0.3, 0.4) is 0 Å². The fourth-order valence-electron chi connectivity index (χ4n) is 1.79. The Labute approximate surface area is 110 Å². The van der Waals surface area contributed by atoms with Gasteiger partial charge in [-0.1, -0.05) is 23.7 Å². The van der Waals surface area contributed by atoms with E-state index < -0.39 is 17.4 Å². The molecule has 1 fully saturated rings. The highest BCUT2D eigenvalue weighted by Crippen LogP contribution is 2.36. The van der Waals surface area contributed by atoms with E-state index in [2.05, 4.69) is 5.32 Å². The third kappa shape index (κ3) is 2.48. The summed E-state index contributed by atoms with van der Waals surface area (Å²) in [6, 6.07) is 7.02. The summed E-state index contributed by atoms with van der Waals surface area (Å²) < 4.78 is 0. The second kappa shape index (κ2) is 4.61. The average Bonchev–Trinajstić information content (AvgIpc) is 3.09. The van der Waals surface area contributed by atoms with Crippen LogP contribution in [0.1, 0.15) is 31.2 Å². The average molecular weight is 268 g/mol. The highest BCUT2D eigenvalue weighted by atomic mass is 35.5. The van der Waals surface area contributed by atoms with Crippen molar-refractivity contribution in [2.75, 3.05) is 0 Å². The van der Waals surface area contributed by atoms with Crippen molar-refractivity contribution in [3.05, 3.63) is 34.9 Å². The second-order valence-corrected chi connectivity index (χ2v) is 5.09. The van der Waals surface area contributed by atoms with Gasteiger partial charge in [0.05, 0.1) is 5.92 Å². The van der Waals surface area contributed by atoms with Gasteiger partial charge in [-0.05, 0) is 37.5 Å². The molecule has 18 heavy (non-hydrogen) atoms. The van der Waals surface area contributed by atoms with E-state index in [-0.39, 0.29) is 5.91 Å². The van der Waals surface area contributed by atoms with Crippen molar-refractivity contribution < 1.29 is 14.7 Å². The SMILES string of the molecule is CC(C(=O)NC1(C(=O)O)CC1)c1cccc(Cl)c1. The lowest BCUT2D eigenvalue weighted by Gasteiger charge is -2.17. The van der Waals surface area contributed by atoms with Crippen LogP contribution in [0.2, 0.25) is 5.02 Å². The van der Waals surface area contributed by atoms with E-state index >= 15 is 0 Å². The highest BCUT2D eigenvalue weighted by molar-refractivity contribution is 6.30. The molecule has 1 aliphatic carbocycles. The number of halogens is 1. The molecular weight excluding hydrogens is 254 g/mol. The van der Waals surface area contributed by atoms with Crippen molar-refractivity contribution in [2.45, 2.75) is 31.2 Å². The van der Waals surface area contributed by atoms with Crippen molar-refractivity contribution in [1.29, 1.82) is 0 Å². The van der Waals surface area contributed by atoms with Crippen LogP contribution in [0.25, 0.3) is 0 Å². The van der Waals surface area contributed by atoms with Crippen LogP contribution in [0.5, 0.6) is 0 Å². The lowest BCUT2D eigenvalue weighted by Crippen LogP contribution is -2.44. The van der Waals surface area contributed by atoms with E-state index in [0.717, 1.165) is 5.56 Å². The van der Waals surface area contributed by atoms with E-state index in [9.17, 15) is 9.59 Å². The third-order valence-corrected chi connectivity index (χ3v) is 3.50. The quantitative estimate of drug-likeness (QED) is 0.879.